The van der Waals surface area contributed by atoms with Crippen molar-refractivity contribution < 1.29 is 0 Å². The van der Waals surface area contributed by atoms with Gasteiger partial charge in [-0.15, -0.1) is 68.9 Å². The highest BCUT2D eigenvalue weighted by Crippen LogP contribution is 2.71. The van der Waals surface area contributed by atoms with Crippen molar-refractivity contribution in [2.75, 3.05) is 0 Å². The Morgan fingerprint density at radius 2 is 0.565 bits per heavy atom. The van der Waals surface area contributed by atoms with Crippen molar-refractivity contribution in [1.29, 1.82) is 0 Å². The van der Waals surface area contributed by atoms with Crippen molar-refractivity contribution in [1.82, 2.24) is 27.1 Å². The van der Waals surface area contributed by atoms with E-state index in [9.17, 15) is 0 Å². The molecule has 1 saturated carbocycles. The number of thioether (sulfide) groups is 2. The Balaban J connectivity index is 0.0000000861. The molecule has 20 aromatic carbocycles. The summed E-state index contributed by atoms with van der Waals surface area (Å²) in [6.07, 6.45) is 2.99. The molecule has 6 atom stereocenters. The minimum atomic E-state index is 0.0776. The first-order valence-electron chi connectivity index (χ1n) is 52.4. The minimum absolute atomic E-state index is 0.0776. The third-order valence-corrected chi connectivity index (χ3v) is 45.5. The van der Waals surface area contributed by atoms with Crippen LogP contribution >= 0.6 is 68.9 Å². The number of hydrogen-bond acceptors (Lipinski definition) is 6. The van der Waals surface area contributed by atoms with Crippen LogP contribution < -0.4 is 87.4 Å². The van der Waals surface area contributed by atoms with E-state index in [1.54, 1.807) is 21.9 Å². The van der Waals surface area contributed by atoms with E-state index >= 15 is 0 Å². The molecule has 0 radical (unpaired) electrons. The highest BCUT2D eigenvalue weighted by molar-refractivity contribution is 8.01. The van der Waals surface area contributed by atoms with Gasteiger partial charge in [0.15, 0.2) is 0 Å². The number of aromatic nitrogens is 6. The smallest absolute Gasteiger partial charge is 0.253 e. The molecule has 0 amide bonds. The van der Waals surface area contributed by atoms with Gasteiger partial charge in [-0.1, -0.05) is 360 Å². The molecule has 13 aliphatic heterocycles. The molecule has 0 bridgehead atoms. The maximum atomic E-state index is 2.93. The molecule has 5 unspecified atom stereocenters. The molecule has 21 heterocycles. The van der Waals surface area contributed by atoms with Gasteiger partial charge in [-0.05, 0) is 165 Å². The van der Waals surface area contributed by atoms with Crippen LogP contribution in [0.5, 0.6) is 0 Å². The van der Waals surface area contributed by atoms with Gasteiger partial charge in [0.05, 0.1) is 85.0 Å². The van der Waals surface area contributed by atoms with Crippen LogP contribution in [0.1, 0.15) is 45.5 Å². The maximum Gasteiger partial charge on any atom is 0.253 e. The molecule has 0 N–H and O–H groups in total. The number of hydrogen-bond donors (Lipinski definition) is 0. The third-order valence-electron chi connectivity index (χ3n) is 37.9. The molecule has 147 heavy (non-hydrogen) atoms. The van der Waals surface area contributed by atoms with Gasteiger partial charge in [0.25, 0.3) is 13.4 Å². The predicted octanol–water partition coefficient (Wildman–Crippen LogP) is 21.0. The summed E-state index contributed by atoms with van der Waals surface area (Å²) in [5.74, 6) is 0.946. The average molecular weight is 1960 g/mol. The van der Waals surface area contributed by atoms with Crippen molar-refractivity contribution in [3.63, 3.8) is 0 Å². The molecule has 1 aliphatic carbocycles. The van der Waals surface area contributed by atoms with Crippen molar-refractivity contribution >= 4 is 354 Å². The Morgan fingerprint density at radius 1 is 0.238 bits per heavy atom. The lowest BCUT2D eigenvalue weighted by molar-refractivity contribution is 0.287. The highest BCUT2D eigenvalue weighted by atomic mass is 32.2. The molecular formula is C129H72B6N6S6. The molecule has 28 aromatic rings. The first-order chi connectivity index (χ1) is 73.0. The lowest BCUT2D eigenvalue weighted by atomic mass is 9.25. The lowest BCUT2D eigenvalue weighted by Gasteiger charge is -2.60. The molecule has 18 heteroatoms. The van der Waals surface area contributed by atoms with Crippen LogP contribution in [0.15, 0.2) is 374 Å². The van der Waals surface area contributed by atoms with E-state index < -0.39 is 0 Å². The summed E-state index contributed by atoms with van der Waals surface area (Å²) < 4.78 is 28.0. The van der Waals surface area contributed by atoms with Crippen LogP contribution in [0.3, 0.4) is 0 Å². The van der Waals surface area contributed by atoms with Crippen molar-refractivity contribution in [2.24, 2.45) is 0 Å². The minimum Gasteiger partial charge on any atom is -0.336 e. The fourth-order valence-electron chi connectivity index (χ4n) is 33.3. The summed E-state index contributed by atoms with van der Waals surface area (Å²) in [6.45, 7) is 1.39. The third kappa shape index (κ3) is 8.93. The van der Waals surface area contributed by atoms with Crippen LogP contribution in [-0.4, -0.2) is 77.8 Å². The normalized spacial score (nSPS) is 17.9. The fourth-order valence-corrected chi connectivity index (χ4v) is 42.1. The second-order valence-corrected chi connectivity index (χ2v) is 50.6. The van der Waals surface area contributed by atoms with Crippen LogP contribution in [0.2, 0.25) is 11.6 Å². The molecule has 8 aromatic heterocycles. The van der Waals surface area contributed by atoms with Gasteiger partial charge in [-0.3, -0.25) is 0 Å². The van der Waals surface area contributed by atoms with E-state index in [1.807, 2.05) is 45.3 Å². The van der Waals surface area contributed by atoms with Gasteiger partial charge in [0, 0.05) is 130 Å². The Hall–Kier alpha value is -14.8. The molecule has 0 saturated heterocycles. The maximum absolute atomic E-state index is 2.93. The topological polar surface area (TPSA) is 28.5 Å². The van der Waals surface area contributed by atoms with Gasteiger partial charge in [-0.25, -0.2) is 0 Å². The standard InChI is InChI=1S/C45H26B2N2S2.C42H26B2N2S2.C42H20B2N2S2/c1-3-11-30(12-4-1)46(31-13-5-2-6-14-31)37-44-42-36-43-45(37)51-33-16-8-10-27-23-29-20-18-25-21-24-17-19-28-22-26-9-7-15-32(50-44)38(26)48(42)40(28)34(24)47(36)35(25)41(29)49(43)39(27)33;2*1-3-9-21(10-4-1)43(22-11-5-2-6-12-22)34-41-39-33-40-42(34)48-30-16-8-14-26-28-20-18-24-23-17-19-27-25-13-7-15-29(47-41)35(25)45(39)37(27)31(23)44(33)32(24)38(28)46(40)36(26)30/h1-20H,21-23H2;1-20,33-34,39-42H;1-20H/t;33?,34?,39-,40?,41?,42?;/m.0./s1. The second kappa shape index (κ2) is 26.8. The molecule has 1 fully saturated rings. The Bertz CT molecular complexity index is 10700. The van der Waals surface area contributed by atoms with Crippen molar-refractivity contribution in [3.8, 4) is 33.6 Å². The summed E-state index contributed by atoms with van der Waals surface area (Å²) in [7, 11) is 0. The largest absolute Gasteiger partial charge is 0.336 e. The van der Waals surface area contributed by atoms with Gasteiger partial charge in [0.1, 0.15) is 0 Å². The zero-order chi connectivity index (χ0) is 93.8. The van der Waals surface area contributed by atoms with Crippen LogP contribution in [0.4, 0.5) is 0 Å². The number of benzene rings is 20. The van der Waals surface area contributed by atoms with E-state index in [0.717, 1.165) is 19.3 Å². The number of rotatable bonds is 9. The Labute approximate surface area is 868 Å². The Morgan fingerprint density at radius 3 is 0.980 bits per heavy atom. The van der Waals surface area contributed by atoms with Crippen LogP contribution in [0, 0.1) is 0 Å². The zero-order valence-corrected chi connectivity index (χ0v) is 83.7. The van der Waals surface area contributed by atoms with E-state index in [4.69, 9.17) is 0 Å². The van der Waals surface area contributed by atoms with Crippen LogP contribution in [-0.2, 0) is 19.3 Å². The SMILES string of the molecule is c1ccc(B(c2ccccc2)C2C3Sc4cccc5c6ccc7c8c6n(c45)C3C3B8c4c-7ccc5c6cccc7c6n(c45)[C@@H]3C2S7)cc1.c1ccc(B(c2ccccc2)c2c3sc4cccc5c4n4c3c3c6c2sc2cccc7c2n6-c2c(ccc6c2B3c2c(ccc(c2-4)C5)C6)C7)cc1.c1ccc(B(c2ccccc2)c2c3sc4cccc5c6ccc7c8c6n(c3c3c6c2sc2cccc9c%10ccc-7c(c%10n6c29)B38)c45)cc1. The second-order valence-electron chi connectivity index (χ2n) is 44.0. The van der Waals surface area contributed by atoms with E-state index in [2.05, 4.69) is 415 Å². The van der Waals surface area contributed by atoms with Gasteiger partial charge >= 0.3 is 0 Å². The predicted molar refractivity (Wildman–Crippen MR) is 635 cm³/mol. The first-order valence-corrected chi connectivity index (χ1v) is 57.4. The summed E-state index contributed by atoms with van der Waals surface area (Å²) in [5, 5.41) is 12.2. The summed E-state index contributed by atoms with van der Waals surface area (Å²) in [6, 6.07) is 141. The molecule has 42 rings (SSSR count). The fraction of sp³-hybridized carbons (Fsp3) is 0.0698. The first kappa shape index (κ1) is 77.6. The number of nitrogens with zero attached hydrogens (tertiary/aromatic N) is 6. The van der Waals surface area contributed by atoms with Gasteiger partial charge in [0.2, 0.25) is 26.9 Å². The average Bonchev–Trinajstić information content (AvgIpc) is 1.60. The van der Waals surface area contributed by atoms with Gasteiger partial charge < -0.3 is 27.1 Å². The van der Waals surface area contributed by atoms with Gasteiger partial charge in [-0.2, -0.15) is 0 Å². The Kier molecular flexibility index (Phi) is 14.1. The number of fused-ring (bicyclic) bond motifs is 6. The van der Waals surface area contributed by atoms with Crippen LogP contribution in [0.25, 0.3) is 192 Å². The monoisotopic (exact) mass is 1960 g/mol. The molecule has 6 nitrogen and oxygen atoms in total. The molecule has 672 valence electrons. The summed E-state index contributed by atoms with van der Waals surface area (Å²) >= 11 is 12.5. The summed E-state index contributed by atoms with van der Waals surface area (Å²) in [5.41, 5.74) is 61.6. The van der Waals surface area contributed by atoms with E-state index in [-0.39, 0.29) is 26.9 Å². The van der Waals surface area contributed by atoms with E-state index in [0.29, 0.717) is 47.6 Å². The molecular weight excluding hydrogens is 1890 g/mol. The lowest BCUT2D eigenvalue weighted by Crippen LogP contribution is -2.66. The zero-order valence-electron chi connectivity index (χ0n) is 78.8. The van der Waals surface area contributed by atoms with E-state index in [1.165, 1.54) is 300 Å². The highest BCUT2D eigenvalue weighted by Gasteiger charge is 2.67. The van der Waals surface area contributed by atoms with Crippen molar-refractivity contribution in [2.45, 2.75) is 63.3 Å². The summed E-state index contributed by atoms with van der Waals surface area (Å²) in [4.78, 5) is 2.94. The van der Waals surface area contributed by atoms with Crippen molar-refractivity contribution in [3.05, 3.63) is 397 Å². The molecule has 14 aliphatic rings. The quantitative estimate of drug-likeness (QED) is 0.106. The number of para-hydroxylation sites is 6. The molecule has 0 spiro atoms.